The van der Waals surface area contributed by atoms with Crippen molar-refractivity contribution < 1.29 is 9.90 Å². The first-order chi connectivity index (χ1) is 7.07. The lowest BCUT2D eigenvalue weighted by Crippen LogP contribution is -2.52. The van der Waals surface area contributed by atoms with Crippen molar-refractivity contribution in [1.29, 1.82) is 0 Å². The zero-order chi connectivity index (χ0) is 11.4. The van der Waals surface area contributed by atoms with Crippen LogP contribution >= 0.6 is 0 Å². The Morgan fingerprint density at radius 1 is 1.53 bits per heavy atom. The number of ketones is 1. The number of Topliss-reactive ketones (excluding diaryl/α,β-unsaturated/α-hetero) is 1. The molecule has 1 rings (SSSR count). The van der Waals surface area contributed by atoms with Gasteiger partial charge in [0.15, 0.2) is 0 Å². The van der Waals surface area contributed by atoms with Crippen molar-refractivity contribution >= 4 is 5.78 Å². The molecule has 1 saturated heterocycles. The molecule has 15 heavy (non-hydrogen) atoms. The lowest BCUT2D eigenvalue weighted by atomic mass is 10.1. The van der Waals surface area contributed by atoms with Crippen LogP contribution in [-0.2, 0) is 4.79 Å². The van der Waals surface area contributed by atoms with Crippen molar-refractivity contribution in [2.24, 2.45) is 0 Å². The summed E-state index contributed by atoms with van der Waals surface area (Å²) in [5, 5.41) is 13.3. The van der Waals surface area contributed by atoms with Gasteiger partial charge in [-0.25, -0.2) is 0 Å². The van der Waals surface area contributed by atoms with Gasteiger partial charge in [0, 0.05) is 12.6 Å². The standard InChI is InChI=1S/C11H22N2O2/c1-8(9(2)14)13-7-5-4-6-10(12-3)11(13)15/h8,10-12,15H,4-7H2,1-3H3. The third kappa shape index (κ3) is 3.00. The highest BCUT2D eigenvalue weighted by Gasteiger charge is 2.31. The average molecular weight is 214 g/mol. The highest BCUT2D eigenvalue weighted by atomic mass is 16.3. The van der Waals surface area contributed by atoms with Gasteiger partial charge in [-0.15, -0.1) is 0 Å². The normalized spacial score (nSPS) is 30.9. The van der Waals surface area contributed by atoms with Gasteiger partial charge in [-0.2, -0.15) is 0 Å². The molecule has 1 fully saturated rings. The highest BCUT2D eigenvalue weighted by molar-refractivity contribution is 5.80. The fraction of sp³-hybridized carbons (Fsp3) is 0.909. The van der Waals surface area contributed by atoms with E-state index in [9.17, 15) is 9.90 Å². The van der Waals surface area contributed by atoms with Gasteiger partial charge >= 0.3 is 0 Å². The number of likely N-dealkylation sites (N-methyl/N-ethyl adjacent to an activating group) is 1. The molecular weight excluding hydrogens is 192 g/mol. The van der Waals surface area contributed by atoms with Gasteiger partial charge < -0.3 is 10.4 Å². The molecular formula is C11H22N2O2. The summed E-state index contributed by atoms with van der Waals surface area (Å²) in [6, 6.07) is -0.108. The van der Waals surface area contributed by atoms with Crippen LogP contribution in [0.3, 0.4) is 0 Å². The van der Waals surface area contributed by atoms with Crippen LogP contribution in [0.25, 0.3) is 0 Å². The SMILES string of the molecule is CNC1CCCCN(C(C)C(C)=O)C1O. The van der Waals surface area contributed by atoms with E-state index in [1.807, 2.05) is 18.9 Å². The molecule has 0 aromatic carbocycles. The van der Waals surface area contributed by atoms with Gasteiger partial charge in [0.2, 0.25) is 0 Å². The number of hydrogen-bond acceptors (Lipinski definition) is 4. The second-order valence-electron chi connectivity index (χ2n) is 4.33. The minimum atomic E-state index is -0.545. The summed E-state index contributed by atoms with van der Waals surface area (Å²) in [5.74, 6) is 0.116. The van der Waals surface area contributed by atoms with Gasteiger partial charge in [0.05, 0.1) is 6.04 Å². The van der Waals surface area contributed by atoms with E-state index >= 15 is 0 Å². The Balaban J connectivity index is 2.72. The van der Waals surface area contributed by atoms with E-state index in [0.717, 1.165) is 25.8 Å². The first-order valence-corrected chi connectivity index (χ1v) is 5.69. The number of aliphatic hydroxyl groups is 1. The molecule has 88 valence electrons. The van der Waals surface area contributed by atoms with E-state index < -0.39 is 6.23 Å². The van der Waals surface area contributed by atoms with E-state index in [2.05, 4.69) is 5.32 Å². The summed E-state index contributed by atoms with van der Waals surface area (Å²) in [7, 11) is 1.86. The number of likely N-dealkylation sites (tertiary alicyclic amines) is 1. The predicted octanol–water partition coefficient (Wildman–Crippen LogP) is 0.356. The number of nitrogens with zero attached hydrogens (tertiary/aromatic N) is 1. The summed E-state index contributed by atoms with van der Waals surface area (Å²) >= 11 is 0. The summed E-state index contributed by atoms with van der Waals surface area (Å²) in [5.41, 5.74) is 0. The molecule has 4 heteroatoms. The molecule has 1 aliphatic heterocycles. The minimum Gasteiger partial charge on any atom is -0.377 e. The number of nitrogens with one attached hydrogen (secondary N) is 1. The number of aliphatic hydroxyl groups excluding tert-OH is 1. The Kier molecular flexibility index (Phi) is 4.70. The molecule has 0 spiro atoms. The van der Waals surface area contributed by atoms with Crippen molar-refractivity contribution in [3.05, 3.63) is 0 Å². The fourth-order valence-electron chi connectivity index (χ4n) is 2.12. The predicted molar refractivity (Wildman–Crippen MR) is 59.6 cm³/mol. The van der Waals surface area contributed by atoms with Gasteiger partial charge in [-0.05, 0) is 33.7 Å². The first kappa shape index (κ1) is 12.6. The van der Waals surface area contributed by atoms with Crippen LogP contribution < -0.4 is 5.32 Å². The highest BCUT2D eigenvalue weighted by Crippen LogP contribution is 2.18. The topological polar surface area (TPSA) is 52.6 Å². The third-order valence-corrected chi connectivity index (χ3v) is 3.34. The van der Waals surface area contributed by atoms with E-state index in [1.54, 1.807) is 6.92 Å². The Labute approximate surface area is 91.6 Å². The summed E-state index contributed by atoms with van der Waals surface area (Å²) in [6.07, 6.45) is 2.58. The van der Waals surface area contributed by atoms with Crippen molar-refractivity contribution in [2.75, 3.05) is 13.6 Å². The number of carbonyl (C=O) groups excluding carboxylic acids is 1. The molecule has 0 radical (unpaired) electrons. The molecule has 2 N–H and O–H groups in total. The van der Waals surface area contributed by atoms with Crippen LogP contribution in [0.4, 0.5) is 0 Å². The van der Waals surface area contributed by atoms with E-state index in [-0.39, 0.29) is 17.9 Å². The van der Waals surface area contributed by atoms with E-state index in [0.29, 0.717) is 0 Å². The summed E-state index contributed by atoms with van der Waals surface area (Å²) in [6.45, 7) is 4.25. The zero-order valence-electron chi connectivity index (χ0n) is 9.86. The van der Waals surface area contributed by atoms with Crippen molar-refractivity contribution in [1.82, 2.24) is 10.2 Å². The van der Waals surface area contributed by atoms with E-state index in [4.69, 9.17) is 0 Å². The summed E-state index contributed by atoms with van der Waals surface area (Å²) in [4.78, 5) is 13.2. The maximum atomic E-state index is 11.3. The lowest BCUT2D eigenvalue weighted by Gasteiger charge is -2.34. The third-order valence-electron chi connectivity index (χ3n) is 3.34. The van der Waals surface area contributed by atoms with Crippen LogP contribution in [0.15, 0.2) is 0 Å². The molecule has 0 aromatic heterocycles. The maximum Gasteiger partial charge on any atom is 0.146 e. The van der Waals surface area contributed by atoms with E-state index in [1.165, 1.54) is 0 Å². The lowest BCUT2D eigenvalue weighted by molar-refractivity contribution is -0.127. The second kappa shape index (κ2) is 5.58. The zero-order valence-corrected chi connectivity index (χ0v) is 9.86. The molecule has 0 aliphatic carbocycles. The first-order valence-electron chi connectivity index (χ1n) is 5.69. The largest absolute Gasteiger partial charge is 0.377 e. The Hall–Kier alpha value is -0.450. The molecule has 0 amide bonds. The quantitative estimate of drug-likeness (QED) is 0.712. The molecule has 3 unspecified atom stereocenters. The molecule has 4 nitrogen and oxygen atoms in total. The average Bonchev–Trinajstić information content (AvgIpc) is 2.39. The van der Waals surface area contributed by atoms with Crippen molar-refractivity contribution in [3.63, 3.8) is 0 Å². The Morgan fingerprint density at radius 3 is 2.73 bits per heavy atom. The second-order valence-corrected chi connectivity index (χ2v) is 4.33. The van der Waals surface area contributed by atoms with Crippen molar-refractivity contribution in [2.45, 2.75) is 51.4 Å². The molecule has 1 heterocycles. The molecule has 1 aliphatic rings. The Morgan fingerprint density at radius 2 is 2.20 bits per heavy atom. The van der Waals surface area contributed by atoms with Crippen LogP contribution in [0.2, 0.25) is 0 Å². The molecule has 3 atom stereocenters. The van der Waals surface area contributed by atoms with Crippen LogP contribution in [-0.4, -0.2) is 47.7 Å². The van der Waals surface area contributed by atoms with Crippen LogP contribution in [0.1, 0.15) is 33.1 Å². The van der Waals surface area contributed by atoms with Crippen LogP contribution in [0, 0.1) is 0 Å². The maximum absolute atomic E-state index is 11.3. The Bertz CT molecular complexity index is 221. The molecule has 0 saturated carbocycles. The summed E-state index contributed by atoms with van der Waals surface area (Å²) < 4.78 is 0. The van der Waals surface area contributed by atoms with Crippen molar-refractivity contribution in [3.8, 4) is 0 Å². The smallest absolute Gasteiger partial charge is 0.146 e. The molecule has 0 bridgehead atoms. The van der Waals surface area contributed by atoms with Gasteiger partial charge in [-0.3, -0.25) is 9.69 Å². The number of hydrogen-bond donors (Lipinski definition) is 2. The fourth-order valence-corrected chi connectivity index (χ4v) is 2.12. The number of carbonyl (C=O) groups is 1. The minimum absolute atomic E-state index is 0.0781. The van der Waals surface area contributed by atoms with Gasteiger partial charge in [-0.1, -0.05) is 6.42 Å². The van der Waals surface area contributed by atoms with Crippen LogP contribution in [0.5, 0.6) is 0 Å². The van der Waals surface area contributed by atoms with Gasteiger partial charge in [0.1, 0.15) is 12.0 Å². The number of rotatable bonds is 3. The monoisotopic (exact) mass is 214 g/mol. The van der Waals surface area contributed by atoms with Gasteiger partial charge in [0.25, 0.3) is 0 Å². The molecule has 0 aromatic rings.